The van der Waals surface area contributed by atoms with Gasteiger partial charge in [-0.1, -0.05) is 18.7 Å². The molecule has 0 aliphatic carbocycles. The first-order chi connectivity index (χ1) is 14.5. The van der Waals surface area contributed by atoms with Crippen LogP contribution in [0.5, 0.6) is 0 Å². The number of amides is 1. The number of hydrogen-bond donors (Lipinski definition) is 2. The number of carbonyl (C=O) groups excluding carboxylic acids is 1. The molecule has 3 heterocycles. The van der Waals surface area contributed by atoms with Crippen molar-refractivity contribution in [1.82, 2.24) is 29.6 Å². The summed E-state index contributed by atoms with van der Waals surface area (Å²) in [6.45, 7) is 3.93. The second-order valence-electron chi connectivity index (χ2n) is 6.41. The highest BCUT2D eigenvalue weighted by atomic mass is 32.2. The lowest BCUT2D eigenvalue weighted by Crippen LogP contribution is -2.33. The number of aryl methyl sites for hydroxylation is 1. The number of rotatable bonds is 10. The smallest absolute Gasteiger partial charge is 0.263 e. The molecule has 3 rings (SSSR count). The lowest BCUT2D eigenvalue weighted by Gasteiger charge is -2.09. The average molecular weight is 432 g/mol. The quantitative estimate of drug-likeness (QED) is 0.279. The fourth-order valence-corrected chi connectivity index (χ4v) is 3.40. The molecule has 2 N–H and O–H groups in total. The third kappa shape index (κ3) is 4.97. The summed E-state index contributed by atoms with van der Waals surface area (Å²) in [6.07, 6.45) is 3.32. The molecule has 0 aliphatic heterocycles. The van der Waals surface area contributed by atoms with Gasteiger partial charge in [-0.25, -0.2) is 14.6 Å². The largest absolute Gasteiger partial charge is 0.383 e. The van der Waals surface area contributed by atoms with Gasteiger partial charge in [-0.05, 0) is 17.9 Å². The Bertz CT molecular complexity index is 1080. The number of anilines is 1. The van der Waals surface area contributed by atoms with E-state index in [1.807, 2.05) is 6.92 Å². The molecule has 0 atom stereocenters. The number of fused-ring (bicyclic) bond motifs is 1. The van der Waals surface area contributed by atoms with Gasteiger partial charge in [0.05, 0.1) is 24.7 Å². The van der Waals surface area contributed by atoms with Crippen molar-refractivity contribution in [3.63, 3.8) is 0 Å². The Morgan fingerprint density at radius 2 is 2.13 bits per heavy atom. The summed E-state index contributed by atoms with van der Waals surface area (Å²) in [7, 11) is 3.26. The third-order valence-electron chi connectivity index (χ3n) is 4.32. The fraction of sp³-hybridized carbons (Fsp3) is 0.421. The van der Waals surface area contributed by atoms with Crippen LogP contribution in [0.15, 0.2) is 34.5 Å². The molecule has 0 radical (unpaired) electrons. The molecule has 1 amide bonds. The van der Waals surface area contributed by atoms with Crippen LogP contribution in [0.4, 0.5) is 5.82 Å². The van der Waals surface area contributed by atoms with Crippen LogP contribution in [0.3, 0.4) is 0 Å². The van der Waals surface area contributed by atoms with E-state index in [1.54, 1.807) is 49.1 Å². The number of ether oxygens (including phenoxy) is 1. The van der Waals surface area contributed by atoms with Crippen molar-refractivity contribution in [2.75, 3.05) is 37.9 Å². The number of thioether (sulfide) groups is 1. The summed E-state index contributed by atoms with van der Waals surface area (Å²) >= 11 is 1.54. The highest BCUT2D eigenvalue weighted by Crippen LogP contribution is 2.24. The van der Waals surface area contributed by atoms with E-state index in [4.69, 9.17) is 4.74 Å². The SMILES string of the molecule is CCSc1nc(NCCOC)c2cnn(CCNC(=O)c3cccn(C)c3=O)c2n1. The summed E-state index contributed by atoms with van der Waals surface area (Å²) in [5.41, 5.74) is 0.463. The Morgan fingerprint density at radius 1 is 1.30 bits per heavy atom. The molecule has 0 unspecified atom stereocenters. The molecular formula is C19H25N7O3S. The van der Waals surface area contributed by atoms with Crippen LogP contribution in [-0.2, 0) is 18.3 Å². The standard InChI is InChI=1S/C19H25N7O3S/c1-4-30-19-23-15(20-8-11-29-3)14-12-22-26(16(14)24-19)10-7-21-17(27)13-6-5-9-25(2)18(13)28/h5-6,9,12H,4,7-8,10-11H2,1-3H3,(H,21,27)(H,20,23,24). The summed E-state index contributed by atoms with van der Waals surface area (Å²) < 4.78 is 8.19. The third-order valence-corrected chi connectivity index (χ3v) is 5.05. The summed E-state index contributed by atoms with van der Waals surface area (Å²) in [5, 5.41) is 11.9. The zero-order valence-electron chi connectivity index (χ0n) is 17.2. The number of hydrogen-bond acceptors (Lipinski definition) is 8. The van der Waals surface area contributed by atoms with Gasteiger partial charge in [0.2, 0.25) is 0 Å². The molecule has 0 aliphatic rings. The number of methoxy groups -OCH3 is 1. The zero-order chi connectivity index (χ0) is 21.5. The van der Waals surface area contributed by atoms with Gasteiger partial charge < -0.3 is 19.9 Å². The Hall–Kier alpha value is -2.92. The Balaban J connectivity index is 1.75. The van der Waals surface area contributed by atoms with Crippen molar-refractivity contribution in [1.29, 1.82) is 0 Å². The second kappa shape index (κ2) is 10.2. The fourth-order valence-electron chi connectivity index (χ4n) is 2.84. The lowest BCUT2D eigenvalue weighted by molar-refractivity contribution is 0.0950. The predicted octanol–water partition coefficient (Wildman–Crippen LogP) is 1.13. The first-order valence-corrected chi connectivity index (χ1v) is 10.6. The minimum Gasteiger partial charge on any atom is -0.383 e. The Morgan fingerprint density at radius 3 is 2.90 bits per heavy atom. The van der Waals surface area contributed by atoms with Crippen LogP contribution >= 0.6 is 11.8 Å². The van der Waals surface area contributed by atoms with Crippen molar-refractivity contribution in [2.45, 2.75) is 18.6 Å². The molecule has 11 heteroatoms. The molecule has 0 saturated heterocycles. The van der Waals surface area contributed by atoms with Gasteiger partial charge in [-0.2, -0.15) is 5.10 Å². The van der Waals surface area contributed by atoms with E-state index >= 15 is 0 Å². The van der Waals surface area contributed by atoms with Crippen molar-refractivity contribution < 1.29 is 9.53 Å². The summed E-state index contributed by atoms with van der Waals surface area (Å²) in [6, 6.07) is 3.18. The molecule has 30 heavy (non-hydrogen) atoms. The van der Waals surface area contributed by atoms with E-state index in [0.29, 0.717) is 42.9 Å². The highest BCUT2D eigenvalue weighted by molar-refractivity contribution is 7.99. The van der Waals surface area contributed by atoms with Crippen LogP contribution in [-0.4, -0.2) is 62.8 Å². The highest BCUT2D eigenvalue weighted by Gasteiger charge is 2.14. The van der Waals surface area contributed by atoms with Crippen LogP contribution in [0.25, 0.3) is 11.0 Å². The molecular weight excluding hydrogens is 406 g/mol. The molecule has 0 aromatic carbocycles. The molecule has 160 valence electrons. The maximum absolute atomic E-state index is 12.3. The second-order valence-corrected chi connectivity index (χ2v) is 7.64. The van der Waals surface area contributed by atoms with Crippen molar-refractivity contribution in [3.8, 4) is 0 Å². The van der Waals surface area contributed by atoms with Gasteiger partial charge in [0, 0.05) is 33.4 Å². The number of carbonyl (C=O) groups is 1. The average Bonchev–Trinajstić information content (AvgIpc) is 3.13. The molecule has 0 spiro atoms. The lowest BCUT2D eigenvalue weighted by atomic mass is 10.2. The minimum absolute atomic E-state index is 0.110. The van der Waals surface area contributed by atoms with E-state index in [1.165, 1.54) is 10.6 Å². The van der Waals surface area contributed by atoms with Gasteiger partial charge in [0.15, 0.2) is 10.8 Å². The van der Waals surface area contributed by atoms with Crippen LogP contribution in [0, 0.1) is 0 Å². The van der Waals surface area contributed by atoms with Crippen LogP contribution in [0.1, 0.15) is 17.3 Å². The molecule has 10 nitrogen and oxygen atoms in total. The van der Waals surface area contributed by atoms with E-state index in [-0.39, 0.29) is 11.1 Å². The van der Waals surface area contributed by atoms with E-state index in [2.05, 4.69) is 25.7 Å². The number of nitrogens with one attached hydrogen (secondary N) is 2. The topological polar surface area (TPSA) is 116 Å². The van der Waals surface area contributed by atoms with Gasteiger partial charge in [0.1, 0.15) is 11.4 Å². The zero-order valence-corrected chi connectivity index (χ0v) is 18.0. The number of aromatic nitrogens is 5. The maximum Gasteiger partial charge on any atom is 0.263 e. The van der Waals surface area contributed by atoms with Crippen LogP contribution < -0.4 is 16.2 Å². The van der Waals surface area contributed by atoms with Gasteiger partial charge in [0.25, 0.3) is 11.5 Å². The summed E-state index contributed by atoms with van der Waals surface area (Å²) in [4.78, 5) is 33.6. The predicted molar refractivity (Wildman–Crippen MR) is 116 cm³/mol. The molecule has 3 aromatic rings. The van der Waals surface area contributed by atoms with E-state index < -0.39 is 5.91 Å². The van der Waals surface area contributed by atoms with E-state index in [9.17, 15) is 9.59 Å². The monoisotopic (exact) mass is 431 g/mol. The Labute approximate surface area is 178 Å². The van der Waals surface area contributed by atoms with Crippen molar-refractivity contribution in [2.24, 2.45) is 7.05 Å². The molecule has 3 aromatic heterocycles. The van der Waals surface area contributed by atoms with Crippen molar-refractivity contribution >= 4 is 34.5 Å². The van der Waals surface area contributed by atoms with E-state index in [0.717, 1.165) is 11.1 Å². The molecule has 0 saturated carbocycles. The first-order valence-electron chi connectivity index (χ1n) is 9.58. The van der Waals surface area contributed by atoms with Gasteiger partial charge >= 0.3 is 0 Å². The normalized spacial score (nSPS) is 11.0. The Kier molecular flexibility index (Phi) is 7.41. The first kappa shape index (κ1) is 21.8. The minimum atomic E-state index is -0.411. The molecule has 0 bridgehead atoms. The summed E-state index contributed by atoms with van der Waals surface area (Å²) in [5.74, 6) is 1.14. The molecule has 0 fully saturated rings. The van der Waals surface area contributed by atoms with Crippen LogP contribution in [0.2, 0.25) is 0 Å². The maximum atomic E-state index is 12.3. The van der Waals surface area contributed by atoms with Gasteiger partial charge in [-0.15, -0.1) is 0 Å². The number of nitrogens with zero attached hydrogens (tertiary/aromatic N) is 5. The number of pyridine rings is 1. The van der Waals surface area contributed by atoms with Gasteiger partial charge in [-0.3, -0.25) is 9.59 Å². The van der Waals surface area contributed by atoms with Crippen molar-refractivity contribution in [3.05, 3.63) is 40.4 Å².